The number of benzene rings is 2. The molecule has 3 heterocycles. The summed E-state index contributed by atoms with van der Waals surface area (Å²) < 4.78 is 5.13. The quantitative estimate of drug-likeness (QED) is 0.723. The molecule has 1 amide bonds. The lowest BCUT2D eigenvalue weighted by atomic mass is 9.94. The van der Waals surface area contributed by atoms with Gasteiger partial charge in [0.2, 0.25) is 0 Å². The lowest BCUT2D eigenvalue weighted by Gasteiger charge is -2.30. The van der Waals surface area contributed by atoms with Crippen LogP contribution in [0.5, 0.6) is 0 Å². The van der Waals surface area contributed by atoms with E-state index in [1.807, 2.05) is 41.3 Å². The van der Waals surface area contributed by atoms with Crippen molar-refractivity contribution in [1.29, 1.82) is 0 Å². The van der Waals surface area contributed by atoms with Crippen LogP contribution in [-0.2, 0) is 11.2 Å². The smallest absolute Gasteiger partial charge is 0.338 e. The van der Waals surface area contributed by atoms with Crippen molar-refractivity contribution < 1.29 is 14.3 Å². The van der Waals surface area contributed by atoms with Crippen LogP contribution < -0.4 is 0 Å². The van der Waals surface area contributed by atoms with Gasteiger partial charge >= 0.3 is 5.97 Å². The van der Waals surface area contributed by atoms with E-state index in [-0.39, 0.29) is 17.9 Å². The third-order valence-corrected chi connectivity index (χ3v) is 5.38. The lowest BCUT2D eigenvalue weighted by molar-refractivity contribution is 0.0526. The van der Waals surface area contributed by atoms with Crippen molar-refractivity contribution >= 4 is 22.8 Å². The SMILES string of the molecule is CCOC(=O)c1ccc2[nH]c3c(c2c1)CCN1C(=O)c2ccccc2C31. The van der Waals surface area contributed by atoms with Gasteiger partial charge < -0.3 is 14.6 Å². The molecule has 2 aliphatic heterocycles. The molecular weight excluding hydrogens is 328 g/mol. The number of carbonyl (C=O) groups excluding carboxylic acids is 2. The summed E-state index contributed by atoms with van der Waals surface area (Å²) in [6, 6.07) is 13.4. The highest BCUT2D eigenvalue weighted by Crippen LogP contribution is 2.44. The van der Waals surface area contributed by atoms with E-state index in [4.69, 9.17) is 4.74 Å². The van der Waals surface area contributed by atoms with Gasteiger partial charge in [0, 0.05) is 28.7 Å². The first-order valence-electron chi connectivity index (χ1n) is 8.90. The highest BCUT2D eigenvalue weighted by Gasteiger charge is 2.41. The Balaban J connectivity index is 1.67. The van der Waals surface area contributed by atoms with Gasteiger partial charge in [-0.1, -0.05) is 18.2 Å². The molecule has 1 aromatic heterocycles. The monoisotopic (exact) mass is 346 g/mol. The van der Waals surface area contributed by atoms with Crippen LogP contribution in [0.3, 0.4) is 0 Å². The minimum absolute atomic E-state index is 0.0686. The standard InChI is InChI=1S/C21H18N2O3/c1-2-26-21(25)12-7-8-17-16(11-12)13-9-10-23-19(18(13)22-17)14-5-3-4-6-15(14)20(23)24/h3-8,11,19,22H,2,9-10H2,1H3. The molecule has 0 spiro atoms. The van der Waals surface area contributed by atoms with E-state index in [2.05, 4.69) is 4.98 Å². The molecule has 0 saturated heterocycles. The normalized spacial score (nSPS) is 17.8. The average Bonchev–Trinajstić information content (AvgIpc) is 3.17. The molecule has 3 aromatic rings. The van der Waals surface area contributed by atoms with Crippen molar-refractivity contribution in [2.75, 3.05) is 13.2 Å². The minimum atomic E-state index is -0.303. The van der Waals surface area contributed by atoms with Crippen LogP contribution in [0.25, 0.3) is 10.9 Å². The Labute approximate surface area is 150 Å². The lowest BCUT2D eigenvalue weighted by Crippen LogP contribution is -2.34. The number of nitrogens with zero attached hydrogens (tertiary/aromatic N) is 1. The molecule has 1 unspecified atom stereocenters. The number of fused-ring (bicyclic) bond motifs is 7. The van der Waals surface area contributed by atoms with Gasteiger partial charge in [-0.3, -0.25) is 4.79 Å². The Morgan fingerprint density at radius 2 is 2.12 bits per heavy atom. The highest BCUT2D eigenvalue weighted by molar-refractivity contribution is 6.01. The average molecular weight is 346 g/mol. The van der Waals surface area contributed by atoms with E-state index in [1.165, 1.54) is 5.56 Å². The summed E-state index contributed by atoms with van der Waals surface area (Å²) in [7, 11) is 0. The molecule has 1 atom stereocenters. The van der Waals surface area contributed by atoms with Crippen LogP contribution in [-0.4, -0.2) is 34.9 Å². The zero-order valence-electron chi connectivity index (χ0n) is 14.4. The molecule has 0 aliphatic carbocycles. The number of esters is 1. The predicted molar refractivity (Wildman–Crippen MR) is 97.3 cm³/mol. The molecule has 5 heteroatoms. The minimum Gasteiger partial charge on any atom is -0.462 e. The van der Waals surface area contributed by atoms with Crippen LogP contribution in [0.1, 0.15) is 50.5 Å². The van der Waals surface area contributed by atoms with Gasteiger partial charge in [0.15, 0.2) is 0 Å². The Hall–Kier alpha value is -3.08. The number of nitrogens with one attached hydrogen (secondary N) is 1. The van der Waals surface area contributed by atoms with Gasteiger partial charge in [-0.05, 0) is 48.7 Å². The molecule has 0 radical (unpaired) electrons. The number of rotatable bonds is 2. The largest absolute Gasteiger partial charge is 0.462 e. The first-order valence-corrected chi connectivity index (χ1v) is 8.90. The van der Waals surface area contributed by atoms with Gasteiger partial charge in [-0.2, -0.15) is 0 Å². The van der Waals surface area contributed by atoms with Gasteiger partial charge in [0.25, 0.3) is 5.91 Å². The Bertz CT molecular complexity index is 1070. The zero-order valence-corrected chi connectivity index (χ0v) is 14.4. The molecule has 130 valence electrons. The first-order chi connectivity index (χ1) is 12.7. The summed E-state index contributed by atoms with van der Waals surface area (Å²) in [4.78, 5) is 30.2. The van der Waals surface area contributed by atoms with Gasteiger partial charge in [0.05, 0.1) is 18.2 Å². The summed E-state index contributed by atoms with van der Waals surface area (Å²) >= 11 is 0. The first kappa shape index (κ1) is 15.2. The van der Waals surface area contributed by atoms with Crippen LogP contribution in [0.15, 0.2) is 42.5 Å². The molecule has 5 nitrogen and oxygen atoms in total. The fourth-order valence-corrected chi connectivity index (χ4v) is 4.26. The maximum Gasteiger partial charge on any atom is 0.338 e. The topological polar surface area (TPSA) is 62.4 Å². The Morgan fingerprint density at radius 3 is 2.96 bits per heavy atom. The van der Waals surface area contributed by atoms with Crippen molar-refractivity contribution in [3.05, 3.63) is 70.4 Å². The molecule has 0 fully saturated rings. The van der Waals surface area contributed by atoms with E-state index in [9.17, 15) is 9.59 Å². The number of aromatic amines is 1. The van der Waals surface area contributed by atoms with Gasteiger partial charge in [0.1, 0.15) is 0 Å². The summed E-state index contributed by atoms with van der Waals surface area (Å²) in [6.07, 6.45) is 0.776. The van der Waals surface area contributed by atoms with Crippen molar-refractivity contribution in [3.63, 3.8) is 0 Å². The molecule has 2 aromatic carbocycles. The summed E-state index contributed by atoms with van der Waals surface area (Å²) in [6.45, 7) is 2.84. The van der Waals surface area contributed by atoms with Crippen LogP contribution in [0.2, 0.25) is 0 Å². The fraction of sp³-hybridized carbons (Fsp3) is 0.238. The molecule has 26 heavy (non-hydrogen) atoms. The van der Waals surface area contributed by atoms with E-state index in [0.717, 1.165) is 34.1 Å². The number of carbonyl (C=O) groups is 2. The van der Waals surface area contributed by atoms with Crippen LogP contribution in [0.4, 0.5) is 0 Å². The van der Waals surface area contributed by atoms with Crippen LogP contribution >= 0.6 is 0 Å². The third kappa shape index (κ3) is 1.97. The van der Waals surface area contributed by atoms with Crippen molar-refractivity contribution in [2.45, 2.75) is 19.4 Å². The second-order valence-corrected chi connectivity index (χ2v) is 6.74. The zero-order chi connectivity index (χ0) is 17.8. The number of hydrogen-bond acceptors (Lipinski definition) is 3. The van der Waals surface area contributed by atoms with E-state index in [1.54, 1.807) is 13.0 Å². The summed E-state index contributed by atoms with van der Waals surface area (Å²) in [5.41, 5.74) is 5.64. The molecule has 0 saturated carbocycles. The maximum atomic E-state index is 12.7. The predicted octanol–water partition coefficient (Wildman–Crippen LogP) is 3.45. The maximum absolute atomic E-state index is 12.7. The summed E-state index contributed by atoms with van der Waals surface area (Å²) in [5, 5.41) is 1.04. The second-order valence-electron chi connectivity index (χ2n) is 6.74. The second kappa shape index (κ2) is 5.46. The number of ether oxygens (including phenoxy) is 1. The van der Waals surface area contributed by atoms with Gasteiger partial charge in [-0.25, -0.2) is 4.79 Å². The number of amides is 1. The van der Waals surface area contributed by atoms with Crippen molar-refractivity contribution in [2.24, 2.45) is 0 Å². The Morgan fingerprint density at radius 1 is 1.27 bits per heavy atom. The summed E-state index contributed by atoms with van der Waals surface area (Å²) in [5.74, 6) is -0.203. The number of hydrogen-bond donors (Lipinski definition) is 1. The number of aromatic nitrogens is 1. The molecule has 0 bridgehead atoms. The molecule has 2 aliphatic rings. The van der Waals surface area contributed by atoms with Crippen molar-refractivity contribution in [1.82, 2.24) is 9.88 Å². The molecular formula is C21H18N2O3. The fourth-order valence-electron chi connectivity index (χ4n) is 4.26. The highest BCUT2D eigenvalue weighted by atomic mass is 16.5. The van der Waals surface area contributed by atoms with Crippen LogP contribution in [0, 0.1) is 0 Å². The number of H-pyrrole nitrogens is 1. The molecule has 1 N–H and O–H groups in total. The Kier molecular flexibility index (Phi) is 3.19. The van der Waals surface area contributed by atoms with E-state index in [0.29, 0.717) is 18.7 Å². The van der Waals surface area contributed by atoms with Gasteiger partial charge in [-0.15, -0.1) is 0 Å². The van der Waals surface area contributed by atoms with E-state index < -0.39 is 0 Å². The molecule has 5 rings (SSSR count). The van der Waals surface area contributed by atoms with Crippen molar-refractivity contribution in [3.8, 4) is 0 Å². The third-order valence-electron chi connectivity index (χ3n) is 5.38. The van der Waals surface area contributed by atoms with E-state index >= 15 is 0 Å².